The van der Waals surface area contributed by atoms with Crippen LogP contribution >= 0.6 is 0 Å². The van der Waals surface area contributed by atoms with Gasteiger partial charge in [0.15, 0.2) is 0 Å². The molecular formula is C34H53N5O8. The molecule has 0 atom stereocenters. The minimum Gasteiger partial charge on any atom is -0.481 e. The highest BCUT2D eigenvalue weighted by atomic mass is 16.6. The summed E-state index contributed by atoms with van der Waals surface area (Å²) in [5, 5.41) is 10.8. The van der Waals surface area contributed by atoms with Gasteiger partial charge in [-0.15, -0.1) is 0 Å². The molecule has 0 bridgehead atoms. The van der Waals surface area contributed by atoms with Gasteiger partial charge in [-0.3, -0.25) is 9.69 Å². The molecule has 262 valence electrons. The summed E-state index contributed by atoms with van der Waals surface area (Å²) < 4.78 is 32.8. The third-order valence-electron chi connectivity index (χ3n) is 8.02. The maximum atomic E-state index is 10.4. The third-order valence-corrected chi connectivity index (χ3v) is 8.02. The highest BCUT2D eigenvalue weighted by Gasteiger charge is 2.18. The van der Waals surface area contributed by atoms with Crippen molar-refractivity contribution >= 4 is 39.1 Å². The maximum Gasteiger partial charge on any atom is 0.305 e. The highest BCUT2D eigenvalue weighted by molar-refractivity contribution is 6.10. The molecule has 0 saturated carbocycles. The largest absolute Gasteiger partial charge is 0.481 e. The van der Waals surface area contributed by atoms with Crippen LogP contribution in [0.4, 0.5) is 11.4 Å². The molecule has 0 unspecified atom stereocenters. The van der Waals surface area contributed by atoms with E-state index in [-0.39, 0.29) is 13.0 Å². The summed E-state index contributed by atoms with van der Waals surface area (Å²) in [7, 11) is 0. The molecule has 1 aliphatic rings. The second kappa shape index (κ2) is 21.0. The molecule has 2 aromatic carbocycles. The molecule has 0 aliphatic carbocycles. The Morgan fingerprint density at radius 2 is 1.40 bits per heavy atom. The first-order valence-electron chi connectivity index (χ1n) is 16.9. The number of imidazole rings is 1. The van der Waals surface area contributed by atoms with Crippen molar-refractivity contribution in [1.29, 1.82) is 0 Å². The fourth-order valence-corrected chi connectivity index (χ4v) is 5.38. The Kier molecular flexibility index (Phi) is 16.5. The second-order valence-electron chi connectivity index (χ2n) is 11.5. The standard InChI is InChI=1S/C34H53N5O8/c1-2-3-4-31-36-33-29-26-28(6-5-27(29)25-30(35)34(33)37-31)39-10-8-38(9-11-39)12-14-43-16-18-45-20-22-47-24-23-46-21-19-44-17-15-42-13-7-32(40)41/h5-6,25-26H,2-4,7-24,35H2,1H3,(H,36,37)(H,40,41). The van der Waals surface area contributed by atoms with Crippen LogP contribution in [0.15, 0.2) is 24.3 Å². The molecule has 1 aliphatic heterocycles. The molecule has 13 nitrogen and oxygen atoms in total. The Balaban J connectivity index is 0.986. The van der Waals surface area contributed by atoms with Gasteiger partial charge >= 0.3 is 5.97 Å². The number of nitrogens with zero attached hydrogens (tertiary/aromatic N) is 3. The molecule has 13 heteroatoms. The van der Waals surface area contributed by atoms with Gasteiger partial charge in [-0.1, -0.05) is 19.4 Å². The number of hydrogen-bond donors (Lipinski definition) is 3. The van der Waals surface area contributed by atoms with Gasteiger partial charge in [0, 0.05) is 50.2 Å². The van der Waals surface area contributed by atoms with Crippen LogP contribution in [0.5, 0.6) is 0 Å². The van der Waals surface area contributed by atoms with E-state index in [1.807, 2.05) is 6.07 Å². The van der Waals surface area contributed by atoms with Crippen molar-refractivity contribution in [1.82, 2.24) is 14.9 Å². The molecule has 4 rings (SSSR count). The Labute approximate surface area is 277 Å². The van der Waals surface area contributed by atoms with Crippen LogP contribution < -0.4 is 10.6 Å². The molecule has 0 amide bonds. The lowest BCUT2D eigenvalue weighted by molar-refractivity contribution is -0.138. The Hall–Kier alpha value is -3.04. The van der Waals surface area contributed by atoms with Crippen LogP contribution in [0.2, 0.25) is 0 Å². The predicted octanol–water partition coefficient (Wildman–Crippen LogP) is 3.34. The summed E-state index contributed by atoms with van der Waals surface area (Å²) in [5.41, 5.74) is 10.3. The lowest BCUT2D eigenvalue weighted by Gasteiger charge is -2.36. The monoisotopic (exact) mass is 659 g/mol. The van der Waals surface area contributed by atoms with E-state index in [0.717, 1.165) is 85.3 Å². The summed E-state index contributed by atoms with van der Waals surface area (Å²) in [4.78, 5) is 23.7. The number of aromatic nitrogens is 2. The van der Waals surface area contributed by atoms with Gasteiger partial charge in [-0.05, 0) is 30.0 Å². The smallest absolute Gasteiger partial charge is 0.305 e. The van der Waals surface area contributed by atoms with Crippen LogP contribution in [0.3, 0.4) is 0 Å². The average Bonchev–Trinajstić information content (AvgIpc) is 3.52. The number of anilines is 2. The average molecular weight is 660 g/mol. The van der Waals surface area contributed by atoms with Gasteiger partial charge in [0.25, 0.3) is 0 Å². The second-order valence-corrected chi connectivity index (χ2v) is 11.5. The molecule has 3 aromatic rings. The van der Waals surface area contributed by atoms with E-state index < -0.39 is 5.97 Å². The highest BCUT2D eigenvalue weighted by Crippen LogP contribution is 2.32. The van der Waals surface area contributed by atoms with E-state index in [1.54, 1.807) is 0 Å². The SMILES string of the molecule is CCCCc1nc2c([nH]1)c(N)cc1ccc(N3CCN(CCOCCOCCOCCOCCOCCOCCC(=O)O)CC3)cc12. The van der Waals surface area contributed by atoms with Crippen LogP contribution in [0.1, 0.15) is 32.0 Å². The lowest BCUT2D eigenvalue weighted by Crippen LogP contribution is -2.47. The minimum absolute atomic E-state index is 0.00362. The number of carboxylic acids is 1. The first-order chi connectivity index (χ1) is 23.0. The zero-order valence-electron chi connectivity index (χ0n) is 27.9. The van der Waals surface area contributed by atoms with Crippen LogP contribution in [-0.4, -0.2) is 138 Å². The number of fused-ring (bicyclic) bond motifs is 3. The van der Waals surface area contributed by atoms with E-state index in [4.69, 9.17) is 44.2 Å². The van der Waals surface area contributed by atoms with Gasteiger partial charge < -0.3 is 49.1 Å². The van der Waals surface area contributed by atoms with Gasteiger partial charge in [-0.2, -0.15) is 0 Å². The van der Waals surface area contributed by atoms with Crippen molar-refractivity contribution in [3.05, 3.63) is 30.1 Å². The molecule has 4 N–H and O–H groups in total. The van der Waals surface area contributed by atoms with E-state index in [2.05, 4.69) is 39.9 Å². The van der Waals surface area contributed by atoms with Gasteiger partial charge in [-0.25, -0.2) is 4.98 Å². The quantitative estimate of drug-likeness (QED) is 0.0903. The number of piperazine rings is 1. The van der Waals surface area contributed by atoms with Crippen LogP contribution in [0.25, 0.3) is 21.8 Å². The molecule has 47 heavy (non-hydrogen) atoms. The summed E-state index contributed by atoms with van der Waals surface area (Å²) in [5.74, 6) is 0.144. The Morgan fingerprint density at radius 3 is 1.98 bits per heavy atom. The number of H-pyrrole nitrogens is 1. The third kappa shape index (κ3) is 12.8. The summed E-state index contributed by atoms with van der Waals surface area (Å²) >= 11 is 0. The number of carboxylic acid groups (broad SMARTS) is 1. The number of aromatic amines is 1. The van der Waals surface area contributed by atoms with Crippen molar-refractivity contribution < 1.29 is 38.3 Å². The number of unbranched alkanes of at least 4 members (excludes halogenated alkanes) is 1. The molecule has 1 saturated heterocycles. The van der Waals surface area contributed by atoms with Gasteiger partial charge in [0.05, 0.1) is 102 Å². The van der Waals surface area contributed by atoms with E-state index in [1.165, 1.54) is 5.69 Å². The Bertz CT molecular complexity index is 1330. The number of aliphatic carboxylic acids is 1. The number of aryl methyl sites for hydroxylation is 1. The number of hydrogen-bond acceptors (Lipinski definition) is 11. The number of nitrogen functional groups attached to an aromatic ring is 1. The first kappa shape index (κ1) is 36.8. The first-order valence-corrected chi connectivity index (χ1v) is 16.9. The van der Waals surface area contributed by atoms with E-state index in [9.17, 15) is 4.79 Å². The number of rotatable bonds is 25. The number of benzene rings is 2. The van der Waals surface area contributed by atoms with Crippen LogP contribution in [0, 0.1) is 0 Å². The topological polar surface area (TPSA) is 154 Å². The Morgan fingerprint density at radius 1 is 0.830 bits per heavy atom. The van der Waals surface area contributed by atoms with Crippen molar-refractivity contribution in [2.24, 2.45) is 0 Å². The van der Waals surface area contributed by atoms with E-state index in [0.29, 0.717) is 72.7 Å². The molecular weight excluding hydrogens is 606 g/mol. The summed E-state index contributed by atoms with van der Waals surface area (Å²) in [6, 6.07) is 8.68. The molecule has 1 aromatic heterocycles. The summed E-state index contributed by atoms with van der Waals surface area (Å²) in [6.45, 7) is 12.8. The van der Waals surface area contributed by atoms with Crippen molar-refractivity contribution in [3.63, 3.8) is 0 Å². The van der Waals surface area contributed by atoms with Crippen molar-refractivity contribution in [3.8, 4) is 0 Å². The number of ether oxygens (including phenoxy) is 6. The lowest BCUT2D eigenvalue weighted by atomic mass is 10.1. The van der Waals surface area contributed by atoms with Crippen molar-refractivity contribution in [2.45, 2.75) is 32.6 Å². The fourth-order valence-electron chi connectivity index (χ4n) is 5.38. The molecule has 1 fully saturated rings. The molecule has 0 spiro atoms. The van der Waals surface area contributed by atoms with Gasteiger partial charge in [0.1, 0.15) is 5.82 Å². The predicted molar refractivity (Wildman–Crippen MR) is 182 cm³/mol. The molecule has 2 heterocycles. The van der Waals surface area contributed by atoms with Crippen molar-refractivity contribution in [2.75, 3.05) is 123 Å². The molecule has 0 radical (unpaired) electrons. The zero-order valence-corrected chi connectivity index (χ0v) is 27.9. The van der Waals surface area contributed by atoms with Gasteiger partial charge in [0.2, 0.25) is 0 Å². The summed E-state index contributed by atoms with van der Waals surface area (Å²) in [6.07, 6.45) is 3.19. The number of nitrogens with one attached hydrogen (secondary N) is 1. The maximum absolute atomic E-state index is 10.4. The minimum atomic E-state index is -0.867. The van der Waals surface area contributed by atoms with E-state index >= 15 is 0 Å². The number of nitrogens with two attached hydrogens (primary N) is 1. The number of carbonyl (C=O) groups is 1. The fraction of sp³-hybridized carbons (Fsp3) is 0.647. The normalized spacial score (nSPS) is 14.1. The van der Waals surface area contributed by atoms with Crippen LogP contribution in [-0.2, 0) is 39.6 Å². The zero-order chi connectivity index (χ0) is 33.1.